The fourth-order valence-corrected chi connectivity index (χ4v) is 1.28. The summed E-state index contributed by atoms with van der Waals surface area (Å²) in [7, 11) is 1.70. The molecule has 0 N–H and O–H groups in total. The third-order valence-electron chi connectivity index (χ3n) is 2.27. The van der Waals surface area contributed by atoms with Crippen molar-refractivity contribution in [2.24, 2.45) is 0 Å². The summed E-state index contributed by atoms with van der Waals surface area (Å²) in [6, 6.07) is 0. The van der Waals surface area contributed by atoms with E-state index in [1.165, 1.54) is 0 Å². The molecule has 0 heterocycles. The molecule has 17 heavy (non-hydrogen) atoms. The van der Waals surface area contributed by atoms with Crippen molar-refractivity contribution in [1.29, 1.82) is 0 Å². The fraction of sp³-hybridized carbons (Fsp3) is 0.833. The number of hydrogen-bond acceptors (Lipinski definition) is 4. The first-order valence-corrected chi connectivity index (χ1v) is 6.09. The van der Waals surface area contributed by atoms with Gasteiger partial charge in [-0.3, -0.25) is 9.59 Å². The maximum Gasteiger partial charge on any atom is 0.307 e. The lowest BCUT2D eigenvalue weighted by molar-refractivity contribution is -0.143. The van der Waals surface area contributed by atoms with E-state index in [9.17, 15) is 9.59 Å². The van der Waals surface area contributed by atoms with Crippen LogP contribution in [0.15, 0.2) is 0 Å². The minimum Gasteiger partial charge on any atom is -0.466 e. The van der Waals surface area contributed by atoms with Gasteiger partial charge in [-0.15, -0.1) is 0 Å². The van der Waals surface area contributed by atoms with Crippen molar-refractivity contribution in [3.05, 3.63) is 0 Å². The average Bonchev–Trinajstić information content (AvgIpc) is 2.31. The standard InChI is InChI=1S/C12H23NO4/c1-4-16-10-6-7-11(14)13(3)9-8-12(15)17-5-2/h4-10H2,1-3H3. The molecule has 0 aromatic rings. The van der Waals surface area contributed by atoms with Crippen molar-refractivity contribution in [3.8, 4) is 0 Å². The quantitative estimate of drug-likeness (QED) is 0.452. The predicted molar refractivity (Wildman–Crippen MR) is 64.6 cm³/mol. The first-order chi connectivity index (χ1) is 8.11. The van der Waals surface area contributed by atoms with Gasteiger partial charge in [-0.2, -0.15) is 0 Å². The summed E-state index contributed by atoms with van der Waals surface area (Å²) >= 11 is 0. The van der Waals surface area contributed by atoms with Crippen molar-refractivity contribution < 1.29 is 19.1 Å². The largest absolute Gasteiger partial charge is 0.466 e. The zero-order chi connectivity index (χ0) is 13.1. The van der Waals surface area contributed by atoms with Crippen LogP contribution in [-0.4, -0.2) is 50.2 Å². The second-order valence-corrected chi connectivity index (χ2v) is 3.67. The van der Waals surface area contributed by atoms with Crippen molar-refractivity contribution in [3.63, 3.8) is 0 Å². The molecule has 0 rings (SSSR count). The Kier molecular flexibility index (Phi) is 9.43. The van der Waals surface area contributed by atoms with Crippen molar-refractivity contribution in [2.75, 3.05) is 33.4 Å². The van der Waals surface area contributed by atoms with Crippen molar-refractivity contribution >= 4 is 11.9 Å². The lowest BCUT2D eigenvalue weighted by atomic mass is 10.3. The molecule has 5 heteroatoms. The zero-order valence-corrected chi connectivity index (χ0v) is 11.0. The highest BCUT2D eigenvalue weighted by atomic mass is 16.5. The van der Waals surface area contributed by atoms with E-state index in [1.807, 2.05) is 6.92 Å². The van der Waals surface area contributed by atoms with Gasteiger partial charge in [0.05, 0.1) is 13.0 Å². The Balaban J connectivity index is 3.63. The number of esters is 1. The van der Waals surface area contributed by atoms with Gasteiger partial charge in [0.1, 0.15) is 0 Å². The second-order valence-electron chi connectivity index (χ2n) is 3.67. The highest BCUT2D eigenvalue weighted by Crippen LogP contribution is 1.98. The number of rotatable bonds is 9. The molecule has 0 aliphatic carbocycles. The molecule has 0 aromatic heterocycles. The Morgan fingerprint density at radius 1 is 1.12 bits per heavy atom. The van der Waals surface area contributed by atoms with Crippen LogP contribution in [-0.2, 0) is 19.1 Å². The lowest BCUT2D eigenvalue weighted by Crippen LogP contribution is -2.29. The summed E-state index contributed by atoms with van der Waals surface area (Å²) in [6.45, 7) is 5.76. The molecule has 0 bridgehead atoms. The normalized spacial score (nSPS) is 10.1. The smallest absolute Gasteiger partial charge is 0.307 e. The van der Waals surface area contributed by atoms with Gasteiger partial charge in [0.25, 0.3) is 0 Å². The number of carbonyl (C=O) groups excluding carboxylic acids is 2. The SMILES string of the molecule is CCOCCCC(=O)N(C)CCC(=O)OCC. The van der Waals surface area contributed by atoms with E-state index in [-0.39, 0.29) is 18.3 Å². The predicted octanol–water partition coefficient (Wildman–Crippen LogP) is 1.21. The molecule has 0 atom stereocenters. The van der Waals surface area contributed by atoms with Crippen LogP contribution in [0.4, 0.5) is 0 Å². The van der Waals surface area contributed by atoms with Crippen LogP contribution in [0.5, 0.6) is 0 Å². The minimum absolute atomic E-state index is 0.0361. The molecule has 0 radical (unpaired) electrons. The average molecular weight is 245 g/mol. The number of ether oxygens (including phenoxy) is 2. The van der Waals surface area contributed by atoms with Crippen LogP contribution in [0.2, 0.25) is 0 Å². The fourth-order valence-electron chi connectivity index (χ4n) is 1.28. The minimum atomic E-state index is -0.263. The van der Waals surface area contributed by atoms with Crippen molar-refractivity contribution in [1.82, 2.24) is 4.90 Å². The molecular weight excluding hydrogens is 222 g/mol. The van der Waals surface area contributed by atoms with Gasteiger partial charge in [-0.05, 0) is 20.3 Å². The molecule has 0 fully saturated rings. The van der Waals surface area contributed by atoms with Gasteiger partial charge >= 0.3 is 5.97 Å². The van der Waals surface area contributed by atoms with Crippen LogP contribution in [0.3, 0.4) is 0 Å². The summed E-state index contributed by atoms with van der Waals surface area (Å²) < 4.78 is 9.94. The van der Waals surface area contributed by atoms with E-state index in [4.69, 9.17) is 9.47 Å². The van der Waals surface area contributed by atoms with E-state index in [1.54, 1.807) is 18.9 Å². The first-order valence-electron chi connectivity index (χ1n) is 6.09. The summed E-state index contributed by atoms with van der Waals surface area (Å²) in [5, 5.41) is 0. The number of nitrogens with zero attached hydrogens (tertiary/aromatic N) is 1. The van der Waals surface area contributed by atoms with Gasteiger partial charge < -0.3 is 14.4 Å². The maximum atomic E-state index is 11.6. The lowest BCUT2D eigenvalue weighted by Gasteiger charge is -2.16. The summed E-state index contributed by atoms with van der Waals surface area (Å²) in [5.41, 5.74) is 0. The van der Waals surface area contributed by atoms with E-state index in [0.717, 1.165) is 6.42 Å². The third kappa shape index (κ3) is 8.68. The van der Waals surface area contributed by atoms with Crippen LogP contribution < -0.4 is 0 Å². The topological polar surface area (TPSA) is 55.8 Å². The molecule has 5 nitrogen and oxygen atoms in total. The highest BCUT2D eigenvalue weighted by Gasteiger charge is 2.10. The summed E-state index contributed by atoms with van der Waals surface area (Å²) in [4.78, 5) is 24.2. The van der Waals surface area contributed by atoms with Gasteiger partial charge in [0.15, 0.2) is 0 Å². The van der Waals surface area contributed by atoms with E-state index in [0.29, 0.717) is 32.8 Å². The third-order valence-corrected chi connectivity index (χ3v) is 2.27. The molecule has 100 valence electrons. The monoisotopic (exact) mass is 245 g/mol. The van der Waals surface area contributed by atoms with E-state index in [2.05, 4.69) is 0 Å². The number of hydrogen-bond donors (Lipinski definition) is 0. The molecule has 0 spiro atoms. The Labute approximate surface area is 103 Å². The first kappa shape index (κ1) is 15.9. The summed E-state index contributed by atoms with van der Waals surface area (Å²) in [6.07, 6.45) is 1.43. The molecule has 0 aromatic carbocycles. The maximum absolute atomic E-state index is 11.6. The second kappa shape index (κ2) is 10.1. The number of amides is 1. The van der Waals surface area contributed by atoms with Crippen molar-refractivity contribution in [2.45, 2.75) is 33.1 Å². The van der Waals surface area contributed by atoms with Gasteiger partial charge in [-0.25, -0.2) is 0 Å². The summed E-state index contributed by atoms with van der Waals surface area (Å²) in [5.74, 6) is -0.226. The van der Waals surface area contributed by atoms with Crippen LogP contribution in [0, 0.1) is 0 Å². The molecule has 0 unspecified atom stereocenters. The highest BCUT2D eigenvalue weighted by molar-refractivity contribution is 5.77. The van der Waals surface area contributed by atoms with Gasteiger partial charge in [-0.1, -0.05) is 0 Å². The van der Waals surface area contributed by atoms with Crippen LogP contribution in [0.1, 0.15) is 33.1 Å². The Hall–Kier alpha value is -1.10. The van der Waals surface area contributed by atoms with E-state index >= 15 is 0 Å². The van der Waals surface area contributed by atoms with Gasteiger partial charge in [0, 0.05) is 33.2 Å². The molecule has 0 aliphatic rings. The molecule has 1 amide bonds. The van der Waals surface area contributed by atoms with Gasteiger partial charge in [0.2, 0.25) is 5.91 Å². The number of carbonyl (C=O) groups is 2. The molecule has 0 aliphatic heterocycles. The zero-order valence-electron chi connectivity index (χ0n) is 11.0. The molecular formula is C12H23NO4. The molecule has 0 saturated carbocycles. The Bertz CT molecular complexity index is 231. The molecule has 0 saturated heterocycles. The van der Waals surface area contributed by atoms with Crippen LogP contribution in [0.25, 0.3) is 0 Å². The van der Waals surface area contributed by atoms with E-state index < -0.39 is 0 Å². The Morgan fingerprint density at radius 3 is 2.41 bits per heavy atom. The Morgan fingerprint density at radius 2 is 1.82 bits per heavy atom. The van der Waals surface area contributed by atoms with Crippen LogP contribution >= 0.6 is 0 Å².